The smallest absolute Gasteiger partial charge is 0.236 e. The van der Waals surface area contributed by atoms with E-state index in [2.05, 4.69) is 17.2 Å². The van der Waals surface area contributed by atoms with Gasteiger partial charge in [0.2, 0.25) is 11.8 Å². The lowest BCUT2D eigenvalue weighted by Crippen LogP contribution is -2.51. The molecule has 96 valence electrons. The van der Waals surface area contributed by atoms with E-state index in [4.69, 9.17) is 0 Å². The van der Waals surface area contributed by atoms with Gasteiger partial charge in [-0.2, -0.15) is 0 Å². The molecule has 1 atom stereocenters. The highest BCUT2D eigenvalue weighted by Gasteiger charge is 2.23. The molecule has 0 bridgehead atoms. The zero-order chi connectivity index (χ0) is 12.7. The Balaban J connectivity index is 2.34. The number of hydrogen-bond donors (Lipinski definition) is 2. The van der Waals surface area contributed by atoms with Crippen LogP contribution in [-0.4, -0.2) is 48.9 Å². The summed E-state index contributed by atoms with van der Waals surface area (Å²) in [6.07, 6.45) is 3.62. The van der Waals surface area contributed by atoms with Crippen LogP contribution in [0.2, 0.25) is 0 Å². The van der Waals surface area contributed by atoms with Crippen LogP contribution in [0.5, 0.6) is 0 Å². The van der Waals surface area contributed by atoms with Gasteiger partial charge in [0.15, 0.2) is 0 Å². The SMILES string of the molecule is C=CCNCC(=O)N1CCCC(NC(C)=O)C1. The van der Waals surface area contributed by atoms with Gasteiger partial charge in [-0.05, 0) is 12.8 Å². The number of hydrogen-bond acceptors (Lipinski definition) is 3. The third-order valence-electron chi connectivity index (χ3n) is 2.75. The zero-order valence-electron chi connectivity index (χ0n) is 10.4. The van der Waals surface area contributed by atoms with Gasteiger partial charge in [0.1, 0.15) is 0 Å². The van der Waals surface area contributed by atoms with Crippen LogP contribution in [0.3, 0.4) is 0 Å². The molecule has 0 aromatic rings. The lowest BCUT2D eigenvalue weighted by atomic mass is 10.1. The Morgan fingerprint density at radius 2 is 2.29 bits per heavy atom. The lowest BCUT2D eigenvalue weighted by Gasteiger charge is -2.33. The van der Waals surface area contributed by atoms with Crippen LogP contribution >= 0.6 is 0 Å². The van der Waals surface area contributed by atoms with Gasteiger partial charge in [0.05, 0.1) is 6.54 Å². The second-order valence-corrected chi connectivity index (χ2v) is 4.30. The maximum atomic E-state index is 11.8. The Bertz CT molecular complexity index is 291. The maximum absolute atomic E-state index is 11.8. The normalized spacial score (nSPS) is 19.8. The van der Waals surface area contributed by atoms with Gasteiger partial charge in [-0.25, -0.2) is 0 Å². The van der Waals surface area contributed by atoms with Crippen molar-refractivity contribution in [3.8, 4) is 0 Å². The van der Waals surface area contributed by atoms with Crippen molar-refractivity contribution in [2.24, 2.45) is 0 Å². The van der Waals surface area contributed by atoms with E-state index >= 15 is 0 Å². The molecule has 0 radical (unpaired) electrons. The maximum Gasteiger partial charge on any atom is 0.236 e. The molecule has 0 aliphatic carbocycles. The quantitative estimate of drug-likeness (QED) is 0.520. The Morgan fingerprint density at radius 3 is 2.94 bits per heavy atom. The Kier molecular flexibility index (Phi) is 5.69. The first kappa shape index (κ1) is 13.7. The van der Waals surface area contributed by atoms with Crippen molar-refractivity contribution >= 4 is 11.8 Å². The molecule has 1 aliphatic rings. The second kappa shape index (κ2) is 7.06. The van der Waals surface area contributed by atoms with Crippen molar-refractivity contribution in [3.05, 3.63) is 12.7 Å². The van der Waals surface area contributed by atoms with Crippen LogP contribution in [0.15, 0.2) is 12.7 Å². The minimum absolute atomic E-state index is 0.0333. The van der Waals surface area contributed by atoms with E-state index in [1.54, 1.807) is 11.0 Å². The van der Waals surface area contributed by atoms with Crippen LogP contribution in [0.1, 0.15) is 19.8 Å². The fraction of sp³-hybridized carbons (Fsp3) is 0.667. The van der Waals surface area contributed by atoms with Crippen LogP contribution < -0.4 is 10.6 Å². The van der Waals surface area contributed by atoms with Crippen molar-refractivity contribution < 1.29 is 9.59 Å². The highest BCUT2D eigenvalue weighted by atomic mass is 16.2. The molecule has 2 N–H and O–H groups in total. The number of carbonyl (C=O) groups excluding carboxylic acids is 2. The Hall–Kier alpha value is -1.36. The van der Waals surface area contributed by atoms with E-state index in [0.29, 0.717) is 19.6 Å². The van der Waals surface area contributed by atoms with Crippen LogP contribution in [0, 0.1) is 0 Å². The number of likely N-dealkylation sites (tertiary alicyclic amines) is 1. The molecule has 0 saturated carbocycles. The van der Waals surface area contributed by atoms with Crippen molar-refractivity contribution in [2.45, 2.75) is 25.8 Å². The Labute approximate surface area is 102 Å². The van der Waals surface area contributed by atoms with Crippen LogP contribution in [0.4, 0.5) is 0 Å². The number of nitrogens with one attached hydrogen (secondary N) is 2. The summed E-state index contributed by atoms with van der Waals surface area (Å²) in [6, 6.07) is 0.101. The van der Waals surface area contributed by atoms with E-state index in [1.807, 2.05) is 0 Å². The van der Waals surface area contributed by atoms with E-state index in [0.717, 1.165) is 19.4 Å². The molecule has 1 fully saturated rings. The summed E-state index contributed by atoms with van der Waals surface area (Å²) in [5.41, 5.74) is 0. The van der Waals surface area contributed by atoms with Gasteiger partial charge < -0.3 is 15.5 Å². The van der Waals surface area contributed by atoms with Crippen molar-refractivity contribution in [1.29, 1.82) is 0 Å². The van der Waals surface area contributed by atoms with Gasteiger partial charge in [-0.15, -0.1) is 6.58 Å². The number of piperidine rings is 1. The largest absolute Gasteiger partial charge is 0.352 e. The summed E-state index contributed by atoms with van der Waals surface area (Å²) in [4.78, 5) is 24.6. The van der Waals surface area contributed by atoms with Crippen molar-refractivity contribution in [3.63, 3.8) is 0 Å². The molecule has 1 unspecified atom stereocenters. The standard InChI is InChI=1S/C12H21N3O2/c1-3-6-13-8-12(17)15-7-4-5-11(9-15)14-10(2)16/h3,11,13H,1,4-9H2,2H3,(H,14,16). The Morgan fingerprint density at radius 1 is 1.53 bits per heavy atom. The van der Waals surface area contributed by atoms with E-state index in [-0.39, 0.29) is 17.9 Å². The molecule has 1 rings (SSSR count). The molecule has 0 aromatic heterocycles. The van der Waals surface area contributed by atoms with Gasteiger partial charge in [0.25, 0.3) is 0 Å². The van der Waals surface area contributed by atoms with Crippen molar-refractivity contribution in [2.75, 3.05) is 26.2 Å². The van der Waals surface area contributed by atoms with E-state index in [1.165, 1.54) is 6.92 Å². The summed E-state index contributed by atoms with van der Waals surface area (Å²) in [5.74, 6) is 0.0518. The van der Waals surface area contributed by atoms with E-state index < -0.39 is 0 Å². The molecule has 17 heavy (non-hydrogen) atoms. The number of amides is 2. The predicted octanol–water partition coefficient (Wildman–Crippen LogP) is -0.111. The fourth-order valence-corrected chi connectivity index (χ4v) is 2.00. The average Bonchev–Trinajstić information content (AvgIpc) is 2.28. The minimum Gasteiger partial charge on any atom is -0.352 e. The number of nitrogens with zero attached hydrogens (tertiary/aromatic N) is 1. The third kappa shape index (κ3) is 4.99. The molecule has 1 aliphatic heterocycles. The van der Waals surface area contributed by atoms with Crippen LogP contribution in [-0.2, 0) is 9.59 Å². The molecule has 2 amide bonds. The van der Waals surface area contributed by atoms with Crippen molar-refractivity contribution in [1.82, 2.24) is 15.5 Å². The lowest BCUT2D eigenvalue weighted by molar-refractivity contribution is -0.132. The van der Waals surface area contributed by atoms with Crippen LogP contribution in [0.25, 0.3) is 0 Å². The summed E-state index contributed by atoms with van der Waals surface area (Å²) >= 11 is 0. The molecule has 1 heterocycles. The predicted molar refractivity (Wildman–Crippen MR) is 66.5 cm³/mol. The minimum atomic E-state index is -0.0333. The van der Waals surface area contributed by atoms with Gasteiger partial charge in [-0.3, -0.25) is 9.59 Å². The monoisotopic (exact) mass is 239 g/mol. The number of carbonyl (C=O) groups is 2. The third-order valence-corrected chi connectivity index (χ3v) is 2.75. The highest BCUT2D eigenvalue weighted by molar-refractivity contribution is 5.78. The molecular weight excluding hydrogens is 218 g/mol. The molecule has 0 spiro atoms. The summed E-state index contributed by atoms with van der Waals surface area (Å²) in [6.45, 7) is 7.45. The molecule has 5 nitrogen and oxygen atoms in total. The molecule has 0 aromatic carbocycles. The summed E-state index contributed by atoms with van der Waals surface area (Å²) in [5, 5.41) is 5.86. The molecule has 5 heteroatoms. The first-order chi connectivity index (χ1) is 8.13. The summed E-state index contributed by atoms with van der Waals surface area (Å²) < 4.78 is 0. The molecule has 1 saturated heterocycles. The number of rotatable bonds is 5. The topological polar surface area (TPSA) is 61.4 Å². The average molecular weight is 239 g/mol. The first-order valence-electron chi connectivity index (χ1n) is 6.00. The van der Waals surface area contributed by atoms with E-state index in [9.17, 15) is 9.59 Å². The first-order valence-corrected chi connectivity index (χ1v) is 6.00. The highest BCUT2D eigenvalue weighted by Crippen LogP contribution is 2.09. The van der Waals surface area contributed by atoms with Gasteiger partial charge >= 0.3 is 0 Å². The zero-order valence-corrected chi connectivity index (χ0v) is 10.4. The summed E-state index contributed by atoms with van der Waals surface area (Å²) in [7, 11) is 0. The van der Waals surface area contributed by atoms with Gasteiger partial charge in [-0.1, -0.05) is 6.08 Å². The second-order valence-electron chi connectivity index (χ2n) is 4.30. The fourth-order valence-electron chi connectivity index (χ4n) is 2.00. The molecular formula is C12H21N3O2. The van der Waals surface area contributed by atoms with Gasteiger partial charge in [0, 0.05) is 32.6 Å².